The standard InChI is InChI=1S/C18H30N4O2.HI/c1-4-19-18(22-11-6-14(2)7-12-22)21-10-5-9-20-17(23)16-15(3)8-13-24-16;/h8,13-14H,4-7,9-12H2,1-3H3,(H,19,21)(H,20,23);1H. The van der Waals surface area contributed by atoms with Gasteiger partial charge in [-0.3, -0.25) is 9.79 Å². The van der Waals surface area contributed by atoms with Gasteiger partial charge in [0.1, 0.15) is 0 Å². The molecule has 0 aliphatic carbocycles. The van der Waals surface area contributed by atoms with Gasteiger partial charge >= 0.3 is 0 Å². The number of halogens is 1. The summed E-state index contributed by atoms with van der Waals surface area (Å²) in [6, 6.07) is 1.79. The van der Waals surface area contributed by atoms with E-state index in [0.29, 0.717) is 18.8 Å². The first-order valence-electron chi connectivity index (χ1n) is 8.97. The molecule has 0 radical (unpaired) electrons. The van der Waals surface area contributed by atoms with Crippen molar-refractivity contribution in [3.63, 3.8) is 0 Å². The van der Waals surface area contributed by atoms with Crippen molar-refractivity contribution < 1.29 is 9.21 Å². The molecular weight excluding hydrogens is 431 g/mol. The Labute approximate surface area is 167 Å². The van der Waals surface area contributed by atoms with Crippen LogP contribution in [0.5, 0.6) is 0 Å². The molecule has 1 fully saturated rings. The van der Waals surface area contributed by atoms with E-state index in [1.54, 1.807) is 6.07 Å². The highest BCUT2D eigenvalue weighted by atomic mass is 127. The molecule has 1 aliphatic heterocycles. The van der Waals surface area contributed by atoms with Gasteiger partial charge in [-0.25, -0.2) is 0 Å². The summed E-state index contributed by atoms with van der Waals surface area (Å²) >= 11 is 0. The van der Waals surface area contributed by atoms with Crippen LogP contribution in [0.2, 0.25) is 0 Å². The van der Waals surface area contributed by atoms with Crippen molar-refractivity contribution >= 4 is 35.8 Å². The Balaban J connectivity index is 0.00000312. The average Bonchev–Trinajstić information content (AvgIpc) is 3.00. The molecule has 1 aromatic heterocycles. The van der Waals surface area contributed by atoms with Crippen LogP contribution in [0.3, 0.4) is 0 Å². The Morgan fingerprint density at radius 2 is 2.08 bits per heavy atom. The number of aliphatic imine (C=N–C) groups is 1. The molecule has 7 heteroatoms. The number of guanidine groups is 1. The molecule has 1 aliphatic rings. The number of likely N-dealkylation sites (tertiary alicyclic amines) is 1. The molecule has 2 rings (SSSR count). The van der Waals surface area contributed by atoms with Crippen molar-refractivity contribution in [3.8, 4) is 0 Å². The number of carbonyl (C=O) groups is 1. The lowest BCUT2D eigenvalue weighted by atomic mass is 10.00. The van der Waals surface area contributed by atoms with E-state index in [0.717, 1.165) is 43.5 Å². The summed E-state index contributed by atoms with van der Waals surface area (Å²) in [6.45, 7) is 10.6. The number of piperidine rings is 1. The van der Waals surface area contributed by atoms with Crippen molar-refractivity contribution in [2.75, 3.05) is 32.7 Å². The van der Waals surface area contributed by atoms with Gasteiger partial charge in [0, 0.05) is 38.3 Å². The number of nitrogens with zero attached hydrogens (tertiary/aromatic N) is 2. The first-order valence-corrected chi connectivity index (χ1v) is 8.97. The van der Waals surface area contributed by atoms with E-state index in [1.807, 2.05) is 6.92 Å². The zero-order valence-corrected chi connectivity index (χ0v) is 17.8. The van der Waals surface area contributed by atoms with Crippen molar-refractivity contribution in [3.05, 3.63) is 23.7 Å². The quantitative estimate of drug-likeness (QED) is 0.295. The molecule has 1 aromatic rings. The minimum atomic E-state index is -0.154. The molecule has 142 valence electrons. The number of hydrogen-bond acceptors (Lipinski definition) is 3. The third-order valence-corrected chi connectivity index (χ3v) is 4.37. The van der Waals surface area contributed by atoms with Crippen LogP contribution < -0.4 is 10.6 Å². The number of furan rings is 1. The molecule has 2 heterocycles. The lowest BCUT2D eigenvalue weighted by Gasteiger charge is -2.33. The third kappa shape index (κ3) is 6.87. The molecule has 1 amide bonds. The summed E-state index contributed by atoms with van der Waals surface area (Å²) in [5.41, 5.74) is 0.860. The van der Waals surface area contributed by atoms with Gasteiger partial charge in [-0.05, 0) is 45.1 Å². The molecule has 0 spiro atoms. The van der Waals surface area contributed by atoms with Crippen LogP contribution in [-0.4, -0.2) is 49.5 Å². The Bertz CT molecular complexity index is 551. The van der Waals surface area contributed by atoms with Gasteiger partial charge in [0.15, 0.2) is 11.7 Å². The summed E-state index contributed by atoms with van der Waals surface area (Å²) in [4.78, 5) is 19.0. The SMILES string of the molecule is CCNC(=NCCCNC(=O)c1occc1C)N1CCC(C)CC1.I. The van der Waals surface area contributed by atoms with Crippen LogP contribution in [-0.2, 0) is 0 Å². The number of carbonyl (C=O) groups excluding carboxylic acids is 1. The second-order valence-corrected chi connectivity index (χ2v) is 6.45. The van der Waals surface area contributed by atoms with Gasteiger partial charge < -0.3 is 20.0 Å². The van der Waals surface area contributed by atoms with Crippen molar-refractivity contribution in [1.29, 1.82) is 0 Å². The Hall–Kier alpha value is -1.25. The largest absolute Gasteiger partial charge is 0.459 e. The lowest BCUT2D eigenvalue weighted by molar-refractivity contribution is 0.0925. The van der Waals surface area contributed by atoms with Crippen molar-refractivity contribution in [2.24, 2.45) is 10.9 Å². The molecular formula is C18H31IN4O2. The lowest BCUT2D eigenvalue weighted by Crippen LogP contribution is -2.45. The van der Waals surface area contributed by atoms with Crippen molar-refractivity contribution in [2.45, 2.75) is 40.0 Å². The number of hydrogen-bond donors (Lipinski definition) is 2. The van der Waals surface area contributed by atoms with Gasteiger partial charge in [-0.1, -0.05) is 6.92 Å². The monoisotopic (exact) mass is 462 g/mol. The number of nitrogens with one attached hydrogen (secondary N) is 2. The Morgan fingerprint density at radius 3 is 2.68 bits per heavy atom. The predicted octanol–water partition coefficient (Wildman–Crippen LogP) is 3.02. The Kier molecular flexibility index (Phi) is 9.92. The van der Waals surface area contributed by atoms with E-state index in [2.05, 4.69) is 29.4 Å². The van der Waals surface area contributed by atoms with Gasteiger partial charge in [-0.2, -0.15) is 0 Å². The fourth-order valence-corrected chi connectivity index (χ4v) is 2.80. The van der Waals surface area contributed by atoms with Crippen LogP contribution in [0.15, 0.2) is 21.7 Å². The topological polar surface area (TPSA) is 69.9 Å². The summed E-state index contributed by atoms with van der Waals surface area (Å²) in [5, 5.41) is 6.25. The molecule has 1 saturated heterocycles. The third-order valence-electron chi connectivity index (χ3n) is 4.37. The minimum Gasteiger partial charge on any atom is -0.459 e. The zero-order valence-electron chi connectivity index (χ0n) is 15.5. The number of rotatable bonds is 6. The molecule has 0 atom stereocenters. The van der Waals surface area contributed by atoms with E-state index < -0.39 is 0 Å². The highest BCUT2D eigenvalue weighted by Crippen LogP contribution is 2.15. The van der Waals surface area contributed by atoms with Crippen LogP contribution in [0.4, 0.5) is 0 Å². The maximum atomic E-state index is 11.9. The fourth-order valence-electron chi connectivity index (χ4n) is 2.80. The highest BCUT2D eigenvalue weighted by molar-refractivity contribution is 14.0. The second-order valence-electron chi connectivity index (χ2n) is 6.45. The Morgan fingerprint density at radius 1 is 1.36 bits per heavy atom. The van der Waals surface area contributed by atoms with E-state index >= 15 is 0 Å². The van der Waals surface area contributed by atoms with Crippen molar-refractivity contribution in [1.82, 2.24) is 15.5 Å². The number of amides is 1. The maximum absolute atomic E-state index is 11.9. The summed E-state index contributed by atoms with van der Waals surface area (Å²) < 4.78 is 5.18. The van der Waals surface area contributed by atoms with Gasteiger partial charge in [0.05, 0.1) is 6.26 Å². The summed E-state index contributed by atoms with van der Waals surface area (Å²) in [5.74, 6) is 2.05. The van der Waals surface area contributed by atoms with E-state index in [4.69, 9.17) is 9.41 Å². The van der Waals surface area contributed by atoms with Gasteiger partial charge in [0.2, 0.25) is 0 Å². The van der Waals surface area contributed by atoms with E-state index in [9.17, 15) is 4.79 Å². The number of aryl methyl sites for hydroxylation is 1. The molecule has 0 unspecified atom stereocenters. The first kappa shape index (κ1) is 21.8. The van der Waals surface area contributed by atoms with Gasteiger partial charge in [-0.15, -0.1) is 24.0 Å². The predicted molar refractivity (Wildman–Crippen MR) is 112 cm³/mol. The first-order chi connectivity index (χ1) is 11.6. The van der Waals surface area contributed by atoms with Crippen LogP contribution in [0.1, 0.15) is 49.2 Å². The summed E-state index contributed by atoms with van der Waals surface area (Å²) in [7, 11) is 0. The van der Waals surface area contributed by atoms with Crippen LogP contribution >= 0.6 is 24.0 Å². The average molecular weight is 462 g/mol. The molecule has 25 heavy (non-hydrogen) atoms. The van der Waals surface area contributed by atoms with Gasteiger partial charge in [0.25, 0.3) is 5.91 Å². The normalized spacial score (nSPS) is 15.6. The molecule has 0 saturated carbocycles. The minimum absolute atomic E-state index is 0. The maximum Gasteiger partial charge on any atom is 0.287 e. The highest BCUT2D eigenvalue weighted by Gasteiger charge is 2.18. The molecule has 2 N–H and O–H groups in total. The zero-order chi connectivity index (χ0) is 17.4. The molecule has 0 bridgehead atoms. The fraction of sp³-hybridized carbons (Fsp3) is 0.667. The molecule has 0 aromatic carbocycles. The van der Waals surface area contributed by atoms with E-state index in [-0.39, 0.29) is 29.9 Å². The molecule has 6 nitrogen and oxygen atoms in total. The van der Waals surface area contributed by atoms with Crippen LogP contribution in [0.25, 0.3) is 0 Å². The smallest absolute Gasteiger partial charge is 0.287 e. The van der Waals surface area contributed by atoms with Crippen LogP contribution in [0, 0.1) is 12.8 Å². The van der Waals surface area contributed by atoms with E-state index in [1.165, 1.54) is 19.1 Å². The summed E-state index contributed by atoms with van der Waals surface area (Å²) in [6.07, 6.45) is 4.80. The second kappa shape index (κ2) is 11.4.